The van der Waals surface area contributed by atoms with Gasteiger partial charge in [-0.2, -0.15) is 0 Å². The standard InChI is InChI=1S/C18H18ClN3O5S/c1-28(26,27)15-5-2-13(3-6-15)18(23)21-10-8-20(9-11-21)16-7-4-14(19)12-17(16)22(24)25/h2-7,12H,8-11H2,1H3. The van der Waals surface area contributed by atoms with Crippen LogP contribution in [-0.2, 0) is 9.84 Å². The summed E-state index contributed by atoms with van der Waals surface area (Å²) >= 11 is 5.86. The number of piperazine rings is 1. The molecule has 2 aromatic carbocycles. The van der Waals surface area contributed by atoms with Gasteiger partial charge in [0.25, 0.3) is 11.6 Å². The Morgan fingerprint density at radius 2 is 1.68 bits per heavy atom. The highest BCUT2D eigenvalue weighted by molar-refractivity contribution is 7.90. The second-order valence-corrected chi connectivity index (χ2v) is 8.92. The zero-order valence-electron chi connectivity index (χ0n) is 15.0. The van der Waals surface area contributed by atoms with Gasteiger partial charge in [-0.1, -0.05) is 11.6 Å². The van der Waals surface area contributed by atoms with Gasteiger partial charge >= 0.3 is 0 Å². The van der Waals surface area contributed by atoms with E-state index >= 15 is 0 Å². The quantitative estimate of drug-likeness (QED) is 0.553. The molecule has 1 saturated heterocycles. The van der Waals surface area contributed by atoms with Crippen molar-refractivity contribution in [2.24, 2.45) is 0 Å². The molecular weight excluding hydrogens is 406 g/mol. The lowest BCUT2D eigenvalue weighted by Gasteiger charge is -2.35. The largest absolute Gasteiger partial charge is 0.362 e. The Balaban J connectivity index is 1.70. The van der Waals surface area contributed by atoms with Gasteiger partial charge in [-0.25, -0.2) is 8.42 Å². The lowest BCUT2D eigenvalue weighted by atomic mass is 10.1. The molecule has 0 atom stereocenters. The normalized spacial score (nSPS) is 14.8. The number of nitro groups is 1. The molecule has 0 N–H and O–H groups in total. The van der Waals surface area contributed by atoms with E-state index in [0.717, 1.165) is 6.26 Å². The number of rotatable bonds is 4. The van der Waals surface area contributed by atoms with E-state index in [2.05, 4.69) is 0 Å². The monoisotopic (exact) mass is 423 g/mol. The maximum atomic E-state index is 12.7. The van der Waals surface area contributed by atoms with Crippen molar-refractivity contribution in [3.63, 3.8) is 0 Å². The molecule has 1 aliphatic rings. The van der Waals surface area contributed by atoms with Crippen LogP contribution in [0.4, 0.5) is 11.4 Å². The molecule has 10 heteroatoms. The van der Waals surface area contributed by atoms with Gasteiger partial charge in [0.15, 0.2) is 9.84 Å². The summed E-state index contributed by atoms with van der Waals surface area (Å²) < 4.78 is 23.1. The number of carbonyl (C=O) groups is 1. The van der Waals surface area contributed by atoms with E-state index in [9.17, 15) is 23.3 Å². The molecule has 0 aliphatic carbocycles. The highest BCUT2D eigenvalue weighted by Gasteiger charge is 2.26. The number of nitro benzene ring substituents is 1. The van der Waals surface area contributed by atoms with E-state index in [0.29, 0.717) is 42.5 Å². The first kappa shape index (κ1) is 20.1. The summed E-state index contributed by atoms with van der Waals surface area (Å²) in [6, 6.07) is 10.3. The summed E-state index contributed by atoms with van der Waals surface area (Å²) in [6.07, 6.45) is 1.11. The molecule has 148 valence electrons. The van der Waals surface area contributed by atoms with Crippen LogP contribution in [-0.4, -0.2) is 56.6 Å². The smallest absolute Gasteiger partial charge is 0.294 e. The summed E-state index contributed by atoms with van der Waals surface area (Å²) in [7, 11) is -3.32. The predicted molar refractivity (Wildman–Crippen MR) is 106 cm³/mol. The molecule has 2 aromatic rings. The molecule has 3 rings (SSSR count). The topological polar surface area (TPSA) is 101 Å². The van der Waals surface area contributed by atoms with Crippen molar-refractivity contribution < 1.29 is 18.1 Å². The van der Waals surface area contributed by atoms with E-state index < -0.39 is 14.8 Å². The molecule has 8 nitrogen and oxygen atoms in total. The van der Waals surface area contributed by atoms with Gasteiger partial charge in [0, 0.05) is 49.1 Å². The average Bonchev–Trinajstić information content (AvgIpc) is 2.67. The third kappa shape index (κ3) is 4.26. The molecule has 0 radical (unpaired) electrons. The minimum Gasteiger partial charge on any atom is -0.362 e. The highest BCUT2D eigenvalue weighted by Crippen LogP contribution is 2.31. The molecule has 0 aromatic heterocycles. The summed E-state index contributed by atoms with van der Waals surface area (Å²) in [5.41, 5.74) is 0.806. The third-order valence-electron chi connectivity index (χ3n) is 4.57. The highest BCUT2D eigenvalue weighted by atomic mass is 35.5. The van der Waals surface area contributed by atoms with Crippen LogP contribution in [0.25, 0.3) is 0 Å². The van der Waals surface area contributed by atoms with Gasteiger partial charge in [-0.15, -0.1) is 0 Å². The van der Waals surface area contributed by atoms with Gasteiger partial charge in [-0.3, -0.25) is 14.9 Å². The van der Waals surface area contributed by atoms with E-state index in [1.807, 2.05) is 4.90 Å². The predicted octanol–water partition coefficient (Wildman–Crippen LogP) is 2.61. The second-order valence-electron chi connectivity index (χ2n) is 6.47. The number of anilines is 1. The fourth-order valence-electron chi connectivity index (χ4n) is 3.09. The molecule has 1 aliphatic heterocycles. The molecule has 28 heavy (non-hydrogen) atoms. The van der Waals surface area contributed by atoms with E-state index in [4.69, 9.17) is 11.6 Å². The average molecular weight is 424 g/mol. The number of benzene rings is 2. The van der Waals surface area contributed by atoms with Crippen LogP contribution in [0, 0.1) is 10.1 Å². The number of carbonyl (C=O) groups excluding carboxylic acids is 1. The Bertz CT molecular complexity index is 1020. The van der Waals surface area contributed by atoms with Crippen molar-refractivity contribution in [1.29, 1.82) is 0 Å². The molecular formula is C18H18ClN3O5S. The zero-order valence-corrected chi connectivity index (χ0v) is 16.6. The van der Waals surface area contributed by atoms with Crippen LogP contribution in [0.2, 0.25) is 5.02 Å². The Labute approximate surface area is 167 Å². The first-order valence-electron chi connectivity index (χ1n) is 8.45. The zero-order chi connectivity index (χ0) is 20.5. The minimum absolute atomic E-state index is 0.0661. The van der Waals surface area contributed by atoms with Gasteiger partial charge in [-0.05, 0) is 36.4 Å². The van der Waals surface area contributed by atoms with E-state index in [1.54, 1.807) is 17.0 Å². The molecule has 0 unspecified atom stereocenters. The Hall–Kier alpha value is -2.65. The lowest BCUT2D eigenvalue weighted by Crippen LogP contribution is -2.49. The van der Waals surface area contributed by atoms with Crippen molar-refractivity contribution in [3.05, 3.63) is 63.2 Å². The Morgan fingerprint density at radius 1 is 1.07 bits per heavy atom. The van der Waals surface area contributed by atoms with E-state index in [1.165, 1.54) is 30.3 Å². The van der Waals surface area contributed by atoms with Crippen LogP contribution in [0.3, 0.4) is 0 Å². The maximum absolute atomic E-state index is 12.7. The fourth-order valence-corrected chi connectivity index (χ4v) is 3.88. The molecule has 1 heterocycles. The first-order valence-corrected chi connectivity index (χ1v) is 10.7. The van der Waals surface area contributed by atoms with E-state index in [-0.39, 0.29) is 16.5 Å². The number of sulfone groups is 1. The van der Waals surface area contributed by atoms with Gasteiger partial charge < -0.3 is 9.80 Å². The summed E-state index contributed by atoms with van der Waals surface area (Å²) in [4.78, 5) is 27.1. The minimum atomic E-state index is -3.32. The summed E-state index contributed by atoms with van der Waals surface area (Å²) in [5, 5.41) is 11.6. The number of hydrogen-bond acceptors (Lipinski definition) is 6. The Kier molecular flexibility index (Phi) is 5.57. The lowest BCUT2D eigenvalue weighted by molar-refractivity contribution is -0.384. The van der Waals surface area contributed by atoms with Crippen LogP contribution in [0.15, 0.2) is 47.4 Å². The third-order valence-corrected chi connectivity index (χ3v) is 5.93. The molecule has 0 bridgehead atoms. The number of amides is 1. The molecule has 1 amide bonds. The summed E-state index contributed by atoms with van der Waals surface area (Å²) in [6.45, 7) is 1.67. The number of halogens is 1. The SMILES string of the molecule is CS(=O)(=O)c1ccc(C(=O)N2CCN(c3ccc(Cl)cc3[N+](=O)[O-])CC2)cc1. The maximum Gasteiger partial charge on any atom is 0.294 e. The molecule has 1 fully saturated rings. The van der Waals surface area contributed by atoms with Crippen LogP contribution >= 0.6 is 11.6 Å². The first-order chi connectivity index (χ1) is 13.2. The van der Waals surface area contributed by atoms with Crippen molar-refractivity contribution in [2.45, 2.75) is 4.90 Å². The van der Waals surface area contributed by atoms with Crippen LogP contribution in [0.5, 0.6) is 0 Å². The fraction of sp³-hybridized carbons (Fsp3) is 0.278. The van der Waals surface area contributed by atoms with Crippen molar-refractivity contribution >= 4 is 38.7 Å². The number of nitrogens with zero attached hydrogens (tertiary/aromatic N) is 3. The second kappa shape index (κ2) is 7.76. The van der Waals surface area contributed by atoms with Gasteiger partial charge in [0.05, 0.1) is 9.82 Å². The summed E-state index contributed by atoms with van der Waals surface area (Å²) in [5.74, 6) is -0.203. The van der Waals surface area contributed by atoms with Gasteiger partial charge in [0.2, 0.25) is 0 Å². The van der Waals surface area contributed by atoms with Crippen LogP contribution < -0.4 is 4.90 Å². The molecule has 0 saturated carbocycles. The van der Waals surface area contributed by atoms with Gasteiger partial charge in [0.1, 0.15) is 5.69 Å². The Morgan fingerprint density at radius 3 is 2.21 bits per heavy atom. The number of hydrogen-bond donors (Lipinski definition) is 0. The molecule has 0 spiro atoms. The van der Waals surface area contributed by atoms with Crippen molar-refractivity contribution in [1.82, 2.24) is 4.90 Å². The van der Waals surface area contributed by atoms with Crippen molar-refractivity contribution in [2.75, 3.05) is 37.3 Å². The van der Waals surface area contributed by atoms with Crippen LogP contribution in [0.1, 0.15) is 10.4 Å². The van der Waals surface area contributed by atoms with Crippen molar-refractivity contribution in [3.8, 4) is 0 Å².